The van der Waals surface area contributed by atoms with E-state index in [2.05, 4.69) is 0 Å². The van der Waals surface area contributed by atoms with E-state index in [-0.39, 0.29) is 17.0 Å². The lowest BCUT2D eigenvalue weighted by atomic mass is 10.2. The molecule has 0 spiro atoms. The number of nitrogens with zero attached hydrogens (tertiary/aromatic N) is 1. The number of rotatable bonds is 3. The highest BCUT2D eigenvalue weighted by Crippen LogP contribution is 2.30. The van der Waals surface area contributed by atoms with Crippen LogP contribution in [0.1, 0.15) is 5.56 Å². The maximum atomic E-state index is 10.5. The van der Waals surface area contributed by atoms with Crippen LogP contribution in [0.5, 0.6) is 5.75 Å². The minimum atomic E-state index is -0.564. The quantitative estimate of drug-likeness (QED) is 0.567. The molecule has 1 rings (SSSR count). The van der Waals surface area contributed by atoms with Gasteiger partial charge in [-0.3, -0.25) is 10.1 Å². The average molecular weight is 182 g/mol. The second-order valence-corrected chi connectivity index (χ2v) is 2.29. The van der Waals surface area contributed by atoms with Crippen LogP contribution >= 0.6 is 0 Å². The van der Waals surface area contributed by atoms with Gasteiger partial charge in [-0.1, -0.05) is 12.1 Å². The van der Waals surface area contributed by atoms with E-state index in [1.807, 2.05) is 0 Å². The van der Waals surface area contributed by atoms with Crippen LogP contribution in [0.25, 0.3) is 0 Å². The van der Waals surface area contributed by atoms with E-state index >= 15 is 0 Å². The van der Waals surface area contributed by atoms with E-state index < -0.39 is 4.92 Å². The van der Waals surface area contributed by atoms with E-state index in [9.17, 15) is 10.1 Å². The Balaban J connectivity index is 3.27. The van der Waals surface area contributed by atoms with Gasteiger partial charge in [0.15, 0.2) is 0 Å². The zero-order valence-electron chi connectivity index (χ0n) is 6.93. The zero-order chi connectivity index (χ0) is 9.84. The Labute approximate surface area is 74.7 Å². The van der Waals surface area contributed by atoms with Crippen molar-refractivity contribution in [1.82, 2.24) is 0 Å². The summed E-state index contributed by atoms with van der Waals surface area (Å²) < 4.78 is 4.80. The van der Waals surface area contributed by atoms with Crippen LogP contribution < -0.4 is 4.74 Å². The number of para-hydroxylation sites is 1. The number of hydrogen-bond donors (Lipinski definition) is 1. The minimum Gasteiger partial charge on any atom is -0.490 e. The van der Waals surface area contributed by atoms with Gasteiger partial charge in [-0.2, -0.15) is 0 Å². The van der Waals surface area contributed by atoms with Crippen LogP contribution in [-0.2, 0) is 0 Å². The molecule has 0 bridgehead atoms. The summed E-state index contributed by atoms with van der Waals surface area (Å²) in [7, 11) is 1.31. The zero-order valence-corrected chi connectivity index (χ0v) is 6.93. The molecule has 0 unspecified atom stereocenters. The third-order valence-corrected chi connectivity index (χ3v) is 1.56. The summed E-state index contributed by atoms with van der Waals surface area (Å²) >= 11 is 0. The van der Waals surface area contributed by atoms with Crippen molar-refractivity contribution in [3.8, 4) is 5.75 Å². The number of hydrogen-bond acceptors (Lipinski definition) is 4. The first kappa shape index (κ1) is 9.47. The van der Waals surface area contributed by atoms with E-state index in [0.29, 0.717) is 0 Å². The highest BCUT2D eigenvalue weighted by Gasteiger charge is 2.17. The minimum absolute atomic E-state index is 0.0648. The van der Waals surface area contributed by atoms with Crippen molar-refractivity contribution in [2.24, 2.45) is 0 Å². The fourth-order valence-electron chi connectivity index (χ4n) is 1.01. The van der Waals surface area contributed by atoms with Crippen LogP contribution in [0.4, 0.5) is 5.69 Å². The molecule has 1 radical (unpaired) electrons. The normalized spacial score (nSPS) is 9.69. The fourth-order valence-corrected chi connectivity index (χ4v) is 1.01. The molecule has 0 aliphatic carbocycles. The molecule has 0 heterocycles. The van der Waals surface area contributed by atoms with E-state index in [1.54, 1.807) is 0 Å². The second kappa shape index (κ2) is 3.86. The second-order valence-electron chi connectivity index (χ2n) is 2.29. The Morgan fingerprint density at radius 3 is 2.77 bits per heavy atom. The highest BCUT2D eigenvalue weighted by atomic mass is 16.6. The van der Waals surface area contributed by atoms with E-state index in [1.165, 1.54) is 25.3 Å². The molecule has 5 nitrogen and oxygen atoms in total. The van der Waals surface area contributed by atoms with Gasteiger partial charge in [0, 0.05) is 11.6 Å². The van der Waals surface area contributed by atoms with Crippen molar-refractivity contribution < 1.29 is 14.8 Å². The Hall–Kier alpha value is -1.62. The molecule has 5 heteroatoms. The van der Waals surface area contributed by atoms with Gasteiger partial charge in [-0.25, -0.2) is 0 Å². The summed E-state index contributed by atoms with van der Waals surface area (Å²) in [6, 6.07) is 4.31. The summed E-state index contributed by atoms with van der Waals surface area (Å²) in [6.45, 7) is 0.770. The number of benzene rings is 1. The first-order valence-electron chi connectivity index (χ1n) is 3.49. The Morgan fingerprint density at radius 2 is 2.31 bits per heavy atom. The molecular formula is C8H8NO4. The standard InChI is InChI=1S/C8H8NO4/c1-13-8-6(5-10)3-2-4-7(8)9(11)12/h2-5,10H,1H3. The van der Waals surface area contributed by atoms with Crippen LogP contribution in [-0.4, -0.2) is 17.1 Å². The monoisotopic (exact) mass is 182 g/mol. The first-order chi connectivity index (χ1) is 6.20. The van der Waals surface area contributed by atoms with Gasteiger partial charge in [0.2, 0.25) is 5.75 Å². The van der Waals surface area contributed by atoms with Crippen LogP contribution in [0.3, 0.4) is 0 Å². The molecule has 0 atom stereocenters. The summed E-state index contributed by atoms with van der Waals surface area (Å²) in [4.78, 5) is 9.92. The summed E-state index contributed by atoms with van der Waals surface area (Å²) in [5.74, 6) is 0.0648. The lowest BCUT2D eigenvalue weighted by Gasteiger charge is -2.04. The van der Waals surface area contributed by atoms with Gasteiger partial charge < -0.3 is 9.84 Å². The Morgan fingerprint density at radius 1 is 1.62 bits per heavy atom. The fraction of sp³-hybridized carbons (Fsp3) is 0.125. The first-order valence-corrected chi connectivity index (χ1v) is 3.49. The van der Waals surface area contributed by atoms with Crippen LogP contribution in [0.15, 0.2) is 18.2 Å². The van der Waals surface area contributed by atoms with Gasteiger partial charge in [0.05, 0.1) is 12.0 Å². The Kier molecular flexibility index (Phi) is 2.81. The van der Waals surface area contributed by atoms with Crippen molar-refractivity contribution in [3.05, 3.63) is 40.5 Å². The maximum Gasteiger partial charge on any atom is 0.311 e. The molecular weight excluding hydrogens is 174 g/mol. The van der Waals surface area contributed by atoms with Crippen LogP contribution in [0, 0.1) is 16.7 Å². The number of aliphatic hydroxyl groups excluding tert-OH is 1. The summed E-state index contributed by atoms with van der Waals surface area (Å²) in [5.41, 5.74) is 0.127. The molecule has 1 aromatic rings. The van der Waals surface area contributed by atoms with Crippen molar-refractivity contribution in [1.29, 1.82) is 0 Å². The number of nitro benzene ring substituents is 1. The predicted molar refractivity (Wildman–Crippen MR) is 45.0 cm³/mol. The lowest BCUT2D eigenvalue weighted by Crippen LogP contribution is -1.96. The molecule has 0 aliphatic heterocycles. The van der Waals surface area contributed by atoms with Crippen molar-refractivity contribution in [2.45, 2.75) is 0 Å². The summed E-state index contributed by atoms with van der Waals surface area (Å²) in [6.07, 6.45) is 0. The third kappa shape index (κ3) is 1.75. The molecule has 0 fully saturated rings. The van der Waals surface area contributed by atoms with Gasteiger partial charge in [-0.15, -0.1) is 0 Å². The molecule has 1 aromatic carbocycles. The number of methoxy groups -OCH3 is 1. The predicted octanol–water partition coefficient (Wildman–Crippen LogP) is 1.49. The summed E-state index contributed by atoms with van der Waals surface area (Å²) in [5, 5.41) is 19.2. The van der Waals surface area contributed by atoms with Crippen molar-refractivity contribution in [3.63, 3.8) is 0 Å². The molecule has 0 amide bonds. The maximum absolute atomic E-state index is 10.5. The smallest absolute Gasteiger partial charge is 0.311 e. The molecule has 69 valence electrons. The van der Waals surface area contributed by atoms with Crippen molar-refractivity contribution >= 4 is 5.69 Å². The van der Waals surface area contributed by atoms with E-state index in [4.69, 9.17) is 9.84 Å². The molecule has 0 saturated heterocycles. The van der Waals surface area contributed by atoms with E-state index in [0.717, 1.165) is 6.61 Å². The largest absolute Gasteiger partial charge is 0.490 e. The molecule has 13 heavy (non-hydrogen) atoms. The van der Waals surface area contributed by atoms with Gasteiger partial charge in [-0.05, 0) is 0 Å². The number of ether oxygens (including phenoxy) is 1. The van der Waals surface area contributed by atoms with Crippen molar-refractivity contribution in [2.75, 3.05) is 7.11 Å². The van der Waals surface area contributed by atoms with Gasteiger partial charge in [0.25, 0.3) is 0 Å². The molecule has 1 N–H and O–H groups in total. The number of nitro groups is 1. The SMILES string of the molecule is COc1c([CH]O)cccc1[N+](=O)[O-]. The molecule has 0 saturated carbocycles. The highest BCUT2D eigenvalue weighted by molar-refractivity contribution is 5.53. The topological polar surface area (TPSA) is 72.6 Å². The molecule has 0 aromatic heterocycles. The Bertz CT molecular complexity index is 324. The van der Waals surface area contributed by atoms with Gasteiger partial charge >= 0.3 is 5.69 Å². The molecule has 0 aliphatic rings. The van der Waals surface area contributed by atoms with Crippen LogP contribution in [0.2, 0.25) is 0 Å². The number of aliphatic hydroxyl groups is 1. The average Bonchev–Trinajstić information content (AvgIpc) is 2.16. The van der Waals surface area contributed by atoms with Gasteiger partial charge in [0.1, 0.15) is 6.61 Å². The third-order valence-electron chi connectivity index (χ3n) is 1.56. The lowest BCUT2D eigenvalue weighted by molar-refractivity contribution is -0.385.